The van der Waals surface area contributed by atoms with Gasteiger partial charge in [0.15, 0.2) is 0 Å². The maximum Gasteiger partial charge on any atom is 0.131 e. The van der Waals surface area contributed by atoms with E-state index < -0.39 is 0 Å². The summed E-state index contributed by atoms with van der Waals surface area (Å²) in [5.74, 6) is 1.59. The molecule has 1 atom stereocenters. The highest BCUT2D eigenvalue weighted by Gasteiger charge is 2.24. The molecule has 82 valence electrons. The fourth-order valence-electron chi connectivity index (χ4n) is 2.15. The number of pyridine rings is 1. The lowest BCUT2D eigenvalue weighted by molar-refractivity contribution is 0.423. The highest BCUT2D eigenvalue weighted by Crippen LogP contribution is 2.28. The summed E-state index contributed by atoms with van der Waals surface area (Å²) in [6.45, 7) is 6.89. The van der Waals surface area contributed by atoms with Crippen LogP contribution in [0.1, 0.15) is 20.3 Å². The maximum atomic E-state index is 5.88. The second-order valence-corrected chi connectivity index (χ2v) is 4.96. The Kier molecular flexibility index (Phi) is 3.15. The molecule has 0 bridgehead atoms. The fraction of sp³-hybridized carbons (Fsp3) is 0.583. The first-order chi connectivity index (χ1) is 7.16. The number of aromatic nitrogens is 1. The number of hydrogen-bond acceptors (Lipinski definition) is 2. The molecule has 0 radical (unpaired) electrons. The van der Waals surface area contributed by atoms with Gasteiger partial charge in [-0.2, -0.15) is 0 Å². The lowest BCUT2D eigenvalue weighted by atomic mass is 9.95. The SMILES string of the molecule is CC(C)C1CCN(c2ccnc(Cl)c2)C1. The van der Waals surface area contributed by atoms with Gasteiger partial charge in [0.25, 0.3) is 0 Å². The van der Waals surface area contributed by atoms with Crippen molar-refractivity contribution in [1.82, 2.24) is 4.98 Å². The molecule has 1 aliphatic rings. The highest BCUT2D eigenvalue weighted by atomic mass is 35.5. The van der Waals surface area contributed by atoms with E-state index in [1.165, 1.54) is 12.1 Å². The zero-order valence-electron chi connectivity index (χ0n) is 9.28. The van der Waals surface area contributed by atoms with Crippen molar-refractivity contribution in [2.75, 3.05) is 18.0 Å². The minimum absolute atomic E-state index is 0.584. The van der Waals surface area contributed by atoms with Gasteiger partial charge in [0.1, 0.15) is 5.15 Å². The van der Waals surface area contributed by atoms with Crippen LogP contribution in [0.15, 0.2) is 18.3 Å². The van der Waals surface area contributed by atoms with Crippen LogP contribution in [0.5, 0.6) is 0 Å². The van der Waals surface area contributed by atoms with Crippen LogP contribution in [0.2, 0.25) is 5.15 Å². The van der Waals surface area contributed by atoms with Crippen molar-refractivity contribution < 1.29 is 0 Å². The molecular formula is C12H17ClN2. The van der Waals surface area contributed by atoms with E-state index >= 15 is 0 Å². The van der Waals surface area contributed by atoms with Gasteiger partial charge in [-0.15, -0.1) is 0 Å². The van der Waals surface area contributed by atoms with Gasteiger partial charge < -0.3 is 4.90 Å². The molecule has 0 spiro atoms. The molecule has 0 amide bonds. The molecule has 1 aromatic rings. The van der Waals surface area contributed by atoms with Crippen LogP contribution in [0, 0.1) is 11.8 Å². The lowest BCUT2D eigenvalue weighted by Crippen LogP contribution is -2.21. The number of hydrogen-bond donors (Lipinski definition) is 0. The molecule has 1 fully saturated rings. The average molecular weight is 225 g/mol. The molecule has 15 heavy (non-hydrogen) atoms. The van der Waals surface area contributed by atoms with E-state index in [4.69, 9.17) is 11.6 Å². The zero-order valence-corrected chi connectivity index (χ0v) is 10.0. The highest BCUT2D eigenvalue weighted by molar-refractivity contribution is 6.29. The van der Waals surface area contributed by atoms with Crippen molar-refractivity contribution in [2.45, 2.75) is 20.3 Å². The molecule has 0 saturated carbocycles. The minimum atomic E-state index is 0.584. The molecule has 1 aromatic heterocycles. The third-order valence-corrected chi connectivity index (χ3v) is 3.45. The fourth-order valence-corrected chi connectivity index (χ4v) is 2.32. The third kappa shape index (κ3) is 2.43. The van der Waals surface area contributed by atoms with E-state index in [-0.39, 0.29) is 0 Å². The standard InChI is InChI=1S/C12H17ClN2/c1-9(2)10-4-6-15(8-10)11-3-5-14-12(13)7-11/h3,5,7,9-10H,4,6,8H2,1-2H3. The average Bonchev–Trinajstić information content (AvgIpc) is 2.66. The summed E-state index contributed by atoms with van der Waals surface area (Å²) in [6, 6.07) is 3.98. The largest absolute Gasteiger partial charge is 0.371 e. The molecule has 0 aliphatic carbocycles. The molecule has 2 nitrogen and oxygen atoms in total. The molecular weight excluding hydrogens is 208 g/mol. The van der Waals surface area contributed by atoms with Crippen molar-refractivity contribution in [3.63, 3.8) is 0 Å². The Labute approximate surface area is 96.3 Å². The van der Waals surface area contributed by atoms with Gasteiger partial charge >= 0.3 is 0 Å². The number of anilines is 1. The predicted molar refractivity (Wildman–Crippen MR) is 64.4 cm³/mol. The van der Waals surface area contributed by atoms with E-state index in [1.54, 1.807) is 6.20 Å². The molecule has 0 aromatic carbocycles. The number of nitrogens with zero attached hydrogens (tertiary/aromatic N) is 2. The summed E-state index contributed by atoms with van der Waals surface area (Å²) in [5.41, 5.74) is 1.21. The van der Waals surface area contributed by atoms with Gasteiger partial charge in [-0.05, 0) is 30.4 Å². The lowest BCUT2D eigenvalue weighted by Gasteiger charge is -2.19. The van der Waals surface area contributed by atoms with E-state index in [1.807, 2.05) is 12.1 Å². The molecule has 3 heteroatoms. The summed E-state index contributed by atoms with van der Waals surface area (Å²) in [7, 11) is 0. The predicted octanol–water partition coefficient (Wildman–Crippen LogP) is 3.22. The topological polar surface area (TPSA) is 16.1 Å². The summed E-state index contributed by atoms with van der Waals surface area (Å²) in [5, 5.41) is 0.584. The molecule has 2 rings (SSSR count). The Balaban J connectivity index is 2.08. The summed E-state index contributed by atoms with van der Waals surface area (Å²) < 4.78 is 0. The maximum absolute atomic E-state index is 5.88. The Hall–Kier alpha value is -0.760. The number of halogens is 1. The first kappa shape index (κ1) is 10.7. The first-order valence-corrected chi connectivity index (χ1v) is 5.91. The second kappa shape index (κ2) is 4.40. The van der Waals surface area contributed by atoms with Gasteiger partial charge in [0, 0.05) is 25.0 Å². The molecule has 1 saturated heterocycles. The molecule has 1 aliphatic heterocycles. The van der Waals surface area contributed by atoms with Crippen LogP contribution in [0.3, 0.4) is 0 Å². The number of rotatable bonds is 2. The first-order valence-electron chi connectivity index (χ1n) is 5.53. The Morgan fingerprint density at radius 2 is 2.33 bits per heavy atom. The Bertz CT molecular complexity index is 338. The van der Waals surface area contributed by atoms with Crippen molar-refractivity contribution in [3.8, 4) is 0 Å². The van der Waals surface area contributed by atoms with Crippen molar-refractivity contribution >= 4 is 17.3 Å². The van der Waals surface area contributed by atoms with Gasteiger partial charge in [-0.1, -0.05) is 25.4 Å². The molecule has 0 N–H and O–H groups in total. The second-order valence-electron chi connectivity index (χ2n) is 4.58. The van der Waals surface area contributed by atoms with Gasteiger partial charge in [-0.25, -0.2) is 4.98 Å². The van der Waals surface area contributed by atoms with Gasteiger partial charge in [-0.3, -0.25) is 0 Å². The van der Waals surface area contributed by atoms with Crippen molar-refractivity contribution in [2.24, 2.45) is 11.8 Å². The van der Waals surface area contributed by atoms with Crippen LogP contribution in [0.4, 0.5) is 5.69 Å². The smallest absolute Gasteiger partial charge is 0.131 e. The minimum Gasteiger partial charge on any atom is -0.371 e. The monoisotopic (exact) mass is 224 g/mol. The normalized spacial score (nSPS) is 21.3. The van der Waals surface area contributed by atoms with Crippen LogP contribution < -0.4 is 4.90 Å². The van der Waals surface area contributed by atoms with Crippen LogP contribution in [0.25, 0.3) is 0 Å². The third-order valence-electron chi connectivity index (χ3n) is 3.24. The van der Waals surface area contributed by atoms with Crippen molar-refractivity contribution in [1.29, 1.82) is 0 Å². The van der Waals surface area contributed by atoms with Gasteiger partial charge in [0.2, 0.25) is 0 Å². The Morgan fingerprint density at radius 1 is 1.53 bits per heavy atom. The van der Waals surface area contributed by atoms with Crippen molar-refractivity contribution in [3.05, 3.63) is 23.5 Å². The summed E-state index contributed by atoms with van der Waals surface area (Å²) in [6.07, 6.45) is 3.07. The van der Waals surface area contributed by atoms with E-state index in [0.717, 1.165) is 24.9 Å². The van der Waals surface area contributed by atoms with Gasteiger partial charge in [0.05, 0.1) is 0 Å². The summed E-state index contributed by atoms with van der Waals surface area (Å²) >= 11 is 5.88. The van der Waals surface area contributed by atoms with E-state index in [2.05, 4.69) is 23.7 Å². The quantitative estimate of drug-likeness (QED) is 0.718. The van der Waals surface area contributed by atoms with Crippen LogP contribution >= 0.6 is 11.6 Å². The Morgan fingerprint density at radius 3 is 2.93 bits per heavy atom. The zero-order chi connectivity index (χ0) is 10.8. The van der Waals surface area contributed by atoms with Crippen LogP contribution in [-0.2, 0) is 0 Å². The van der Waals surface area contributed by atoms with Crippen LogP contribution in [-0.4, -0.2) is 18.1 Å². The molecule has 2 heterocycles. The van der Waals surface area contributed by atoms with E-state index in [0.29, 0.717) is 5.15 Å². The molecule has 1 unspecified atom stereocenters. The van der Waals surface area contributed by atoms with E-state index in [9.17, 15) is 0 Å². The summed E-state index contributed by atoms with van der Waals surface area (Å²) in [4.78, 5) is 6.41.